The molecule has 0 radical (unpaired) electrons. The van der Waals surface area contributed by atoms with E-state index >= 15 is 0 Å². The van der Waals surface area contributed by atoms with Gasteiger partial charge in [-0.3, -0.25) is 9.79 Å². The Kier molecular flexibility index (Phi) is 3.55. The van der Waals surface area contributed by atoms with Gasteiger partial charge in [0.25, 0.3) is 0 Å². The lowest BCUT2D eigenvalue weighted by molar-refractivity contribution is 0.111. The first-order valence-electron chi connectivity index (χ1n) is 7.38. The molecule has 0 N–H and O–H groups in total. The van der Waals surface area contributed by atoms with E-state index in [1.807, 2.05) is 0 Å². The minimum absolute atomic E-state index is 0.0603. The van der Waals surface area contributed by atoms with Gasteiger partial charge in [0, 0.05) is 19.0 Å². The van der Waals surface area contributed by atoms with E-state index in [2.05, 4.69) is 9.98 Å². The number of sulfone groups is 1. The third-order valence-electron chi connectivity index (χ3n) is 4.66. The zero-order valence-corrected chi connectivity index (χ0v) is 13.5. The van der Waals surface area contributed by atoms with Crippen molar-refractivity contribution in [1.82, 2.24) is 9.55 Å². The number of imidazole rings is 1. The lowest BCUT2D eigenvalue weighted by Gasteiger charge is -2.37. The molecule has 2 aliphatic rings. The summed E-state index contributed by atoms with van der Waals surface area (Å²) >= 11 is 0. The summed E-state index contributed by atoms with van der Waals surface area (Å²) in [4.78, 5) is 19.8. The molecule has 1 saturated carbocycles. The average Bonchev–Trinajstić information content (AvgIpc) is 3.31. The van der Waals surface area contributed by atoms with Crippen LogP contribution in [0, 0.1) is 5.92 Å². The van der Waals surface area contributed by atoms with Gasteiger partial charge in [-0.2, -0.15) is 0 Å². The van der Waals surface area contributed by atoms with E-state index in [9.17, 15) is 13.2 Å². The van der Waals surface area contributed by atoms with Gasteiger partial charge in [-0.05, 0) is 24.8 Å². The van der Waals surface area contributed by atoms with Crippen LogP contribution in [0.25, 0.3) is 0 Å². The van der Waals surface area contributed by atoms with E-state index in [0.717, 1.165) is 12.8 Å². The highest BCUT2D eigenvalue weighted by Gasteiger charge is 2.59. The fourth-order valence-corrected chi connectivity index (χ4v) is 5.31. The number of hydrogen-bond donors (Lipinski definition) is 0. The zero-order chi connectivity index (χ0) is 16.0. The van der Waals surface area contributed by atoms with Gasteiger partial charge in [-0.1, -0.05) is 13.0 Å². The molecule has 1 aromatic rings. The smallest absolute Gasteiger partial charge is 0.168 e. The van der Waals surface area contributed by atoms with E-state index in [-0.39, 0.29) is 11.7 Å². The summed E-state index contributed by atoms with van der Waals surface area (Å²) in [6.45, 7) is 1.66. The summed E-state index contributed by atoms with van der Waals surface area (Å²) in [6.07, 6.45) is 9.03. The van der Waals surface area contributed by atoms with E-state index in [1.165, 1.54) is 6.20 Å². The molecule has 0 amide bonds. The first-order chi connectivity index (χ1) is 10.5. The van der Waals surface area contributed by atoms with Crippen molar-refractivity contribution in [2.24, 2.45) is 18.0 Å². The molecule has 0 aromatic carbocycles. The Morgan fingerprint density at radius 2 is 2.18 bits per heavy atom. The van der Waals surface area contributed by atoms with Gasteiger partial charge >= 0.3 is 0 Å². The molecule has 1 aliphatic carbocycles. The monoisotopic (exact) mass is 321 g/mol. The molecular formula is C15H19N3O3S. The fraction of sp³-hybridized carbons (Fsp3) is 0.533. The van der Waals surface area contributed by atoms with Crippen LogP contribution in [0.4, 0.5) is 0 Å². The zero-order valence-electron chi connectivity index (χ0n) is 12.6. The Bertz CT molecular complexity index is 759. The summed E-state index contributed by atoms with van der Waals surface area (Å²) in [5, 5.41) is 0. The minimum Gasteiger partial charge on any atom is -0.327 e. The Morgan fingerprint density at radius 3 is 2.73 bits per heavy atom. The second kappa shape index (κ2) is 5.15. The van der Waals surface area contributed by atoms with Crippen LogP contribution in [-0.2, 0) is 16.9 Å². The molecule has 2 atom stereocenters. The minimum atomic E-state index is -3.37. The molecule has 2 heterocycles. The summed E-state index contributed by atoms with van der Waals surface area (Å²) in [6, 6.07) is -0.603. The maximum Gasteiger partial charge on any atom is 0.168 e. The van der Waals surface area contributed by atoms with Gasteiger partial charge in [0.2, 0.25) is 0 Å². The van der Waals surface area contributed by atoms with Gasteiger partial charge in [0.1, 0.15) is 22.3 Å². The predicted molar refractivity (Wildman–Crippen MR) is 83.9 cm³/mol. The van der Waals surface area contributed by atoms with Crippen LogP contribution in [-0.4, -0.2) is 41.0 Å². The van der Waals surface area contributed by atoms with Gasteiger partial charge in [-0.15, -0.1) is 0 Å². The van der Waals surface area contributed by atoms with Crippen molar-refractivity contribution in [2.45, 2.75) is 30.6 Å². The number of allylic oxidation sites excluding steroid dienone is 1. The van der Waals surface area contributed by atoms with E-state index in [4.69, 9.17) is 0 Å². The van der Waals surface area contributed by atoms with Crippen LogP contribution in [0.15, 0.2) is 23.3 Å². The molecule has 0 saturated heterocycles. The molecule has 2 unspecified atom stereocenters. The maximum atomic E-state index is 12.9. The topological polar surface area (TPSA) is 81.4 Å². The standard InChI is InChI=1S/C15H19N3O3S/c1-3-22(20,21)15(11-5-6-11)7-4-8-16-13(15)14-17-9-12(10-19)18(14)2/h4,7-11,13H,3,5-6H2,1-2H3. The van der Waals surface area contributed by atoms with Gasteiger partial charge in [0.05, 0.1) is 6.20 Å². The number of hydrogen-bond acceptors (Lipinski definition) is 5. The summed E-state index contributed by atoms with van der Waals surface area (Å²) in [5.41, 5.74) is 0.415. The number of carbonyl (C=O) groups is 1. The number of carbonyl (C=O) groups excluding carboxylic acids is 1. The van der Waals surface area contributed by atoms with Crippen LogP contribution in [0.5, 0.6) is 0 Å². The second-order valence-corrected chi connectivity index (χ2v) is 8.32. The average molecular weight is 321 g/mol. The van der Waals surface area contributed by atoms with Crippen molar-refractivity contribution >= 4 is 22.3 Å². The third-order valence-corrected chi connectivity index (χ3v) is 7.19. The molecule has 0 spiro atoms. The Labute approximate surface area is 129 Å². The Balaban J connectivity index is 2.19. The first-order valence-corrected chi connectivity index (χ1v) is 9.03. The van der Waals surface area contributed by atoms with Crippen LogP contribution in [0.2, 0.25) is 0 Å². The van der Waals surface area contributed by atoms with Crippen molar-refractivity contribution in [1.29, 1.82) is 0 Å². The van der Waals surface area contributed by atoms with Crippen molar-refractivity contribution in [3.05, 3.63) is 29.9 Å². The van der Waals surface area contributed by atoms with Crippen LogP contribution < -0.4 is 0 Å². The molecule has 1 aromatic heterocycles. The molecule has 1 fully saturated rings. The highest BCUT2D eigenvalue weighted by atomic mass is 32.2. The van der Waals surface area contributed by atoms with E-state index in [1.54, 1.807) is 36.9 Å². The van der Waals surface area contributed by atoms with E-state index in [0.29, 0.717) is 17.8 Å². The third kappa shape index (κ3) is 1.99. The van der Waals surface area contributed by atoms with Crippen molar-refractivity contribution in [2.75, 3.05) is 5.75 Å². The van der Waals surface area contributed by atoms with Gasteiger partial charge < -0.3 is 4.57 Å². The molecule has 0 bridgehead atoms. The summed E-state index contributed by atoms with van der Waals surface area (Å²) in [5.74, 6) is 0.643. The van der Waals surface area contributed by atoms with Gasteiger partial charge in [0.15, 0.2) is 16.1 Å². The second-order valence-electron chi connectivity index (χ2n) is 5.81. The number of dihydropyridines is 1. The number of aromatic nitrogens is 2. The quantitative estimate of drug-likeness (QED) is 0.770. The molecule has 22 heavy (non-hydrogen) atoms. The number of aldehydes is 1. The molecule has 7 heteroatoms. The number of rotatable bonds is 5. The maximum absolute atomic E-state index is 12.9. The lowest BCUT2D eigenvalue weighted by Crippen LogP contribution is -2.47. The largest absolute Gasteiger partial charge is 0.327 e. The van der Waals surface area contributed by atoms with Crippen LogP contribution in [0.3, 0.4) is 0 Å². The highest BCUT2D eigenvalue weighted by molar-refractivity contribution is 7.93. The van der Waals surface area contributed by atoms with E-state index < -0.39 is 20.6 Å². The van der Waals surface area contributed by atoms with Crippen molar-refractivity contribution in [3.8, 4) is 0 Å². The molecule has 3 rings (SSSR count). The molecule has 6 nitrogen and oxygen atoms in total. The molecule has 118 valence electrons. The Hall–Kier alpha value is -1.76. The molecular weight excluding hydrogens is 302 g/mol. The van der Waals surface area contributed by atoms with Crippen LogP contribution >= 0.6 is 0 Å². The first kappa shape index (κ1) is 15.1. The fourth-order valence-electron chi connectivity index (χ4n) is 3.28. The van der Waals surface area contributed by atoms with Crippen LogP contribution in [0.1, 0.15) is 42.1 Å². The highest BCUT2D eigenvalue weighted by Crippen LogP contribution is 2.53. The summed E-state index contributed by atoms with van der Waals surface area (Å²) < 4.78 is 26.4. The van der Waals surface area contributed by atoms with Gasteiger partial charge in [-0.25, -0.2) is 13.4 Å². The summed E-state index contributed by atoms with van der Waals surface area (Å²) in [7, 11) is -1.66. The Morgan fingerprint density at radius 1 is 1.45 bits per heavy atom. The number of aliphatic imine (C=N–C) groups is 1. The lowest BCUT2D eigenvalue weighted by atomic mass is 9.90. The van der Waals surface area contributed by atoms with Crippen molar-refractivity contribution < 1.29 is 13.2 Å². The molecule has 1 aliphatic heterocycles. The predicted octanol–water partition coefficient (Wildman–Crippen LogP) is 1.50. The SMILES string of the molecule is CCS(=O)(=O)C1(C2CC2)C=CC=NC1c1ncc(C=O)n1C. The number of nitrogens with zero attached hydrogens (tertiary/aromatic N) is 3. The normalized spacial score (nSPS) is 28.0. The van der Waals surface area contributed by atoms with Crippen molar-refractivity contribution in [3.63, 3.8) is 0 Å².